The molecule has 0 aliphatic carbocycles. The molecule has 8 heteroatoms. The van der Waals surface area contributed by atoms with Gasteiger partial charge in [0.1, 0.15) is 5.75 Å². The van der Waals surface area contributed by atoms with E-state index in [2.05, 4.69) is 10.6 Å². The zero-order chi connectivity index (χ0) is 23.1. The molecule has 2 amide bonds. The summed E-state index contributed by atoms with van der Waals surface area (Å²) in [6, 6.07) is 10.2. The van der Waals surface area contributed by atoms with E-state index in [1.807, 2.05) is 26.8 Å². The fraction of sp³-hybridized carbons (Fsp3) is 0.348. The van der Waals surface area contributed by atoms with Crippen molar-refractivity contribution in [1.82, 2.24) is 0 Å². The summed E-state index contributed by atoms with van der Waals surface area (Å²) in [5.41, 5.74) is 2.85. The fourth-order valence-electron chi connectivity index (χ4n) is 2.75. The highest BCUT2D eigenvalue weighted by Crippen LogP contribution is 2.32. The van der Waals surface area contributed by atoms with E-state index >= 15 is 0 Å². The summed E-state index contributed by atoms with van der Waals surface area (Å²) in [5.74, 6) is -0.610. The van der Waals surface area contributed by atoms with E-state index in [0.717, 1.165) is 11.1 Å². The highest BCUT2D eigenvalue weighted by molar-refractivity contribution is 6.31. The zero-order valence-corrected chi connectivity index (χ0v) is 19.0. The first-order valence-electron chi connectivity index (χ1n) is 9.87. The summed E-state index contributed by atoms with van der Waals surface area (Å²) in [4.78, 5) is 35.5. The number of carbonyl (C=O) groups is 3. The Morgan fingerprint density at radius 2 is 1.58 bits per heavy atom. The lowest BCUT2D eigenvalue weighted by Crippen LogP contribution is -2.31. The quantitative estimate of drug-likeness (QED) is 0.574. The van der Waals surface area contributed by atoms with Crippen LogP contribution in [0.5, 0.6) is 5.75 Å². The lowest BCUT2D eigenvalue weighted by Gasteiger charge is -2.17. The Morgan fingerprint density at radius 3 is 2.13 bits per heavy atom. The van der Waals surface area contributed by atoms with Crippen LogP contribution >= 0.6 is 11.6 Å². The van der Waals surface area contributed by atoms with Gasteiger partial charge in [-0.2, -0.15) is 0 Å². The number of hydrogen-bond acceptors (Lipinski definition) is 5. The van der Waals surface area contributed by atoms with Crippen molar-refractivity contribution >= 4 is 40.8 Å². The molecule has 0 aliphatic heterocycles. The third kappa shape index (κ3) is 7.29. The van der Waals surface area contributed by atoms with E-state index in [1.165, 1.54) is 13.8 Å². The van der Waals surface area contributed by atoms with Crippen LogP contribution in [0.15, 0.2) is 36.4 Å². The van der Waals surface area contributed by atoms with Crippen LogP contribution in [0, 0.1) is 6.92 Å². The van der Waals surface area contributed by atoms with Gasteiger partial charge >= 0.3 is 5.97 Å². The van der Waals surface area contributed by atoms with E-state index in [0.29, 0.717) is 22.1 Å². The summed E-state index contributed by atoms with van der Waals surface area (Å²) in [5, 5.41) is 5.92. The van der Waals surface area contributed by atoms with Gasteiger partial charge in [-0.05, 0) is 67.3 Å². The second-order valence-corrected chi connectivity index (χ2v) is 7.87. The first-order valence-corrected chi connectivity index (χ1v) is 10.3. The van der Waals surface area contributed by atoms with Gasteiger partial charge in [-0.1, -0.05) is 25.4 Å². The van der Waals surface area contributed by atoms with Gasteiger partial charge in [-0.25, -0.2) is 4.79 Å². The molecule has 2 aromatic rings. The van der Waals surface area contributed by atoms with Gasteiger partial charge in [-0.15, -0.1) is 0 Å². The van der Waals surface area contributed by atoms with Gasteiger partial charge in [0.25, 0.3) is 5.91 Å². The Bertz CT molecular complexity index is 957. The average molecular weight is 447 g/mol. The van der Waals surface area contributed by atoms with Crippen LogP contribution in [0.4, 0.5) is 11.4 Å². The molecular formula is C23H27ClN2O5. The molecular weight excluding hydrogens is 420 g/mol. The number of hydrogen-bond donors (Lipinski definition) is 2. The highest BCUT2D eigenvalue weighted by atomic mass is 35.5. The lowest BCUT2D eigenvalue weighted by atomic mass is 10.0. The molecule has 1 atom stereocenters. The van der Waals surface area contributed by atoms with Crippen molar-refractivity contribution in [2.24, 2.45) is 0 Å². The molecule has 7 nitrogen and oxygen atoms in total. The summed E-state index contributed by atoms with van der Waals surface area (Å²) >= 11 is 6.18. The molecule has 166 valence electrons. The number of rotatable bonds is 8. The summed E-state index contributed by atoms with van der Waals surface area (Å²) < 4.78 is 10.8. The minimum Gasteiger partial charge on any atom is -0.482 e. The van der Waals surface area contributed by atoms with Crippen LogP contribution in [0.2, 0.25) is 5.02 Å². The van der Waals surface area contributed by atoms with Crippen molar-refractivity contribution in [3.63, 3.8) is 0 Å². The van der Waals surface area contributed by atoms with Crippen molar-refractivity contribution < 1.29 is 23.9 Å². The first kappa shape index (κ1) is 24.2. The standard InChI is InChI=1S/C23H27ClN2O5/c1-13(2)19-11-20(24)14(3)10-21(19)30-12-22(28)31-15(4)23(29)26-18-8-6-17(7-9-18)25-16(5)27/h6-11,13,15H,12H2,1-5H3,(H,25,27)(H,26,29)/t15-/m1/s1. The Morgan fingerprint density at radius 1 is 1.00 bits per heavy atom. The van der Waals surface area contributed by atoms with E-state index in [-0.39, 0.29) is 18.4 Å². The maximum atomic E-state index is 12.3. The number of aryl methyl sites for hydroxylation is 1. The van der Waals surface area contributed by atoms with Crippen molar-refractivity contribution in [3.05, 3.63) is 52.5 Å². The molecule has 0 spiro atoms. The van der Waals surface area contributed by atoms with Crippen LogP contribution in [-0.4, -0.2) is 30.5 Å². The molecule has 0 heterocycles. The normalized spacial score (nSPS) is 11.6. The van der Waals surface area contributed by atoms with Crippen molar-refractivity contribution in [2.45, 2.75) is 46.6 Å². The molecule has 2 N–H and O–H groups in total. The van der Waals surface area contributed by atoms with Crippen LogP contribution in [0.25, 0.3) is 0 Å². The maximum Gasteiger partial charge on any atom is 0.344 e. The lowest BCUT2D eigenvalue weighted by molar-refractivity contribution is -0.155. The predicted octanol–water partition coefficient (Wildman–Crippen LogP) is 4.68. The molecule has 0 bridgehead atoms. The average Bonchev–Trinajstić information content (AvgIpc) is 2.69. The van der Waals surface area contributed by atoms with E-state index in [4.69, 9.17) is 21.1 Å². The zero-order valence-electron chi connectivity index (χ0n) is 18.2. The Kier molecular flexibility index (Phi) is 8.45. The largest absolute Gasteiger partial charge is 0.482 e. The van der Waals surface area contributed by atoms with Gasteiger partial charge in [0.05, 0.1) is 0 Å². The molecule has 0 fully saturated rings. The molecule has 0 radical (unpaired) electrons. The van der Waals surface area contributed by atoms with E-state index in [9.17, 15) is 14.4 Å². The summed E-state index contributed by atoms with van der Waals surface area (Å²) in [7, 11) is 0. The van der Waals surface area contributed by atoms with Gasteiger partial charge < -0.3 is 20.1 Å². The molecule has 2 aromatic carbocycles. The molecule has 0 saturated heterocycles. The number of anilines is 2. The number of halogens is 1. The third-order valence-electron chi connectivity index (χ3n) is 4.41. The predicted molar refractivity (Wildman–Crippen MR) is 121 cm³/mol. The number of amides is 2. The van der Waals surface area contributed by atoms with Crippen molar-refractivity contribution in [3.8, 4) is 5.75 Å². The molecule has 0 saturated carbocycles. The smallest absolute Gasteiger partial charge is 0.344 e. The molecule has 2 rings (SSSR count). The number of esters is 1. The van der Waals surface area contributed by atoms with Gasteiger partial charge in [0.15, 0.2) is 12.7 Å². The van der Waals surface area contributed by atoms with Gasteiger partial charge in [-0.3, -0.25) is 9.59 Å². The molecule has 31 heavy (non-hydrogen) atoms. The first-order chi connectivity index (χ1) is 14.6. The third-order valence-corrected chi connectivity index (χ3v) is 4.82. The number of carbonyl (C=O) groups excluding carboxylic acids is 3. The second kappa shape index (κ2) is 10.8. The van der Waals surface area contributed by atoms with Crippen LogP contribution in [0.1, 0.15) is 44.7 Å². The summed E-state index contributed by atoms with van der Waals surface area (Å²) in [6.45, 7) is 8.41. The van der Waals surface area contributed by atoms with E-state index < -0.39 is 18.0 Å². The minimum absolute atomic E-state index is 0.158. The van der Waals surface area contributed by atoms with Gasteiger partial charge in [0.2, 0.25) is 5.91 Å². The number of ether oxygens (including phenoxy) is 2. The molecule has 0 unspecified atom stereocenters. The van der Waals surface area contributed by atoms with Crippen LogP contribution in [0.3, 0.4) is 0 Å². The number of benzene rings is 2. The minimum atomic E-state index is -1.01. The second-order valence-electron chi connectivity index (χ2n) is 7.46. The number of nitrogens with one attached hydrogen (secondary N) is 2. The summed E-state index contributed by atoms with van der Waals surface area (Å²) in [6.07, 6.45) is -1.01. The van der Waals surface area contributed by atoms with Crippen molar-refractivity contribution in [2.75, 3.05) is 17.2 Å². The SMILES string of the molecule is CC(=O)Nc1ccc(NC(=O)[C@@H](C)OC(=O)COc2cc(C)c(Cl)cc2C(C)C)cc1. The van der Waals surface area contributed by atoms with Crippen LogP contribution < -0.4 is 15.4 Å². The van der Waals surface area contributed by atoms with Crippen LogP contribution in [-0.2, 0) is 19.1 Å². The van der Waals surface area contributed by atoms with Gasteiger partial charge in [0, 0.05) is 23.3 Å². The molecule has 0 aromatic heterocycles. The highest BCUT2D eigenvalue weighted by Gasteiger charge is 2.19. The Balaban J connectivity index is 1.90. The Labute approximate surface area is 187 Å². The maximum absolute atomic E-state index is 12.3. The monoisotopic (exact) mass is 446 g/mol. The molecule has 0 aliphatic rings. The topological polar surface area (TPSA) is 93.7 Å². The van der Waals surface area contributed by atoms with Crippen molar-refractivity contribution in [1.29, 1.82) is 0 Å². The Hall–Kier alpha value is -3.06. The van der Waals surface area contributed by atoms with E-state index in [1.54, 1.807) is 30.3 Å². The fourth-order valence-corrected chi connectivity index (χ4v) is 2.92.